The number of rotatable bonds is 7. The first kappa shape index (κ1) is 34.1. The highest BCUT2D eigenvalue weighted by atomic mass is 15.2. The summed E-state index contributed by atoms with van der Waals surface area (Å²) in [5, 5.41) is 9.41. The number of hydrogen-bond acceptors (Lipinski definition) is 3. The first-order valence-corrected chi connectivity index (χ1v) is 19.4. The topological polar surface area (TPSA) is 35.3 Å². The largest absolute Gasteiger partial charge is 0.376 e. The van der Waals surface area contributed by atoms with Crippen LogP contribution in [0.15, 0.2) is 206 Å². The molecule has 0 unspecified atom stereocenters. The van der Waals surface area contributed by atoms with Gasteiger partial charge in [0, 0.05) is 59.3 Å². The molecule has 1 N–H and O–H groups in total. The second kappa shape index (κ2) is 14.3. The van der Waals surface area contributed by atoms with Gasteiger partial charge in [-0.2, -0.15) is 0 Å². The summed E-state index contributed by atoms with van der Waals surface area (Å²) in [6.45, 7) is 0.767. The fourth-order valence-electron chi connectivity index (χ4n) is 8.67. The van der Waals surface area contributed by atoms with E-state index in [1.165, 1.54) is 45.1 Å². The van der Waals surface area contributed by atoms with Crippen molar-refractivity contribution in [2.75, 3.05) is 18.5 Å². The van der Waals surface area contributed by atoms with Crippen molar-refractivity contribution < 1.29 is 0 Å². The van der Waals surface area contributed by atoms with Gasteiger partial charge in [-0.05, 0) is 82.0 Å². The number of benzene rings is 7. The molecule has 2 aliphatic rings. The van der Waals surface area contributed by atoms with Crippen molar-refractivity contribution in [3.05, 3.63) is 217 Å². The summed E-state index contributed by atoms with van der Waals surface area (Å²) in [5.74, 6) is 0. The number of fused-ring (bicyclic) bond motifs is 7. The quantitative estimate of drug-likeness (QED) is 0.166. The molecule has 10 rings (SSSR count). The van der Waals surface area contributed by atoms with Crippen molar-refractivity contribution in [1.29, 1.82) is 5.41 Å². The minimum atomic E-state index is 0.767. The van der Waals surface area contributed by atoms with Crippen LogP contribution in [0.5, 0.6) is 0 Å². The van der Waals surface area contributed by atoms with Gasteiger partial charge in [0.05, 0.1) is 28.3 Å². The molecule has 0 bridgehead atoms. The van der Waals surface area contributed by atoms with E-state index in [0.717, 1.165) is 62.7 Å². The van der Waals surface area contributed by atoms with Crippen molar-refractivity contribution in [3.8, 4) is 39.2 Å². The number of likely N-dealkylation sites (N-methyl/N-ethyl adjacent to an activating group) is 1. The summed E-state index contributed by atoms with van der Waals surface area (Å²) in [5.41, 5.74) is 18.1. The maximum absolute atomic E-state index is 8.20. The molecule has 3 heterocycles. The van der Waals surface area contributed by atoms with Gasteiger partial charge in [-0.3, -0.25) is 0 Å². The molecule has 272 valence electrons. The van der Waals surface area contributed by atoms with E-state index in [2.05, 4.69) is 204 Å². The van der Waals surface area contributed by atoms with E-state index < -0.39 is 0 Å². The van der Waals surface area contributed by atoms with Crippen molar-refractivity contribution in [2.45, 2.75) is 0 Å². The third-order valence-corrected chi connectivity index (χ3v) is 11.1. The molecule has 0 amide bonds. The highest BCUT2D eigenvalue weighted by Gasteiger charge is 2.32. The standard InChI is InChI=1S/C53H40N4/c1-55-35-37(31-41(34-54)38-17-4-2-5-18-38)32-42(36-55)40-21-16-22-43(33-40)56-49-28-13-9-24-45(49)52-46-25-10-14-29-50(46)57(53(52)47-26-11-15-30-51(47)56)48-27-12-8-23-44(48)39-19-6-3-7-20-39/h2-34,36,54H,35H2,1H3/b41-31+,54-34?. The Kier molecular flexibility index (Phi) is 8.57. The summed E-state index contributed by atoms with van der Waals surface area (Å²) in [6, 6.07) is 65.2. The lowest BCUT2D eigenvalue weighted by Crippen LogP contribution is -2.18. The Bertz CT molecular complexity index is 2910. The summed E-state index contributed by atoms with van der Waals surface area (Å²) in [6.07, 6.45) is 8.09. The highest BCUT2D eigenvalue weighted by molar-refractivity contribution is 6.13. The molecule has 0 aliphatic carbocycles. The molecule has 0 spiro atoms. The van der Waals surface area contributed by atoms with Gasteiger partial charge in [-0.1, -0.05) is 146 Å². The third-order valence-electron chi connectivity index (χ3n) is 11.1. The Labute approximate surface area is 333 Å². The van der Waals surface area contributed by atoms with Crippen molar-refractivity contribution >= 4 is 45.3 Å². The van der Waals surface area contributed by atoms with Crippen LogP contribution < -0.4 is 4.90 Å². The minimum Gasteiger partial charge on any atom is -0.376 e. The molecule has 1 aromatic heterocycles. The maximum atomic E-state index is 8.20. The molecule has 8 aromatic rings. The fourth-order valence-corrected chi connectivity index (χ4v) is 8.67. The molecule has 0 saturated heterocycles. The van der Waals surface area contributed by atoms with E-state index in [-0.39, 0.29) is 0 Å². The van der Waals surface area contributed by atoms with Gasteiger partial charge in [0.2, 0.25) is 0 Å². The average Bonchev–Trinajstić information content (AvgIpc) is 3.55. The monoisotopic (exact) mass is 732 g/mol. The second-order valence-corrected chi connectivity index (χ2v) is 14.7. The second-order valence-electron chi connectivity index (χ2n) is 14.7. The molecule has 0 atom stereocenters. The molecule has 4 heteroatoms. The van der Waals surface area contributed by atoms with Crippen LogP contribution >= 0.6 is 0 Å². The van der Waals surface area contributed by atoms with Crippen LogP contribution in [0, 0.1) is 5.41 Å². The molecular weight excluding hydrogens is 693 g/mol. The number of para-hydroxylation sites is 4. The Morgan fingerprint density at radius 2 is 1.19 bits per heavy atom. The summed E-state index contributed by atoms with van der Waals surface area (Å²) < 4.78 is 2.49. The summed E-state index contributed by atoms with van der Waals surface area (Å²) in [4.78, 5) is 4.67. The lowest BCUT2D eigenvalue weighted by atomic mass is 9.97. The lowest BCUT2D eigenvalue weighted by Gasteiger charge is -2.28. The van der Waals surface area contributed by atoms with Gasteiger partial charge in [0.15, 0.2) is 0 Å². The average molecular weight is 733 g/mol. The molecule has 0 fully saturated rings. The SMILES string of the molecule is CN1C=C(c2cccc(N3c4ccccc4-c4c(n(-c5ccccc5-c5ccccc5)c5ccccc45)-c4ccccc43)c2)C=C(/C=C(\C=N)c2ccccc2)C1. The van der Waals surface area contributed by atoms with E-state index in [4.69, 9.17) is 5.41 Å². The third kappa shape index (κ3) is 5.99. The van der Waals surface area contributed by atoms with E-state index >= 15 is 0 Å². The van der Waals surface area contributed by atoms with Crippen LogP contribution in [0.3, 0.4) is 0 Å². The summed E-state index contributed by atoms with van der Waals surface area (Å²) in [7, 11) is 2.12. The Balaban J connectivity index is 1.17. The first-order chi connectivity index (χ1) is 28.2. The molecule has 0 radical (unpaired) electrons. The van der Waals surface area contributed by atoms with Crippen LogP contribution in [-0.4, -0.2) is 29.3 Å². The number of nitrogens with one attached hydrogen (secondary N) is 1. The van der Waals surface area contributed by atoms with Crippen LogP contribution in [0.2, 0.25) is 0 Å². The van der Waals surface area contributed by atoms with E-state index in [1.54, 1.807) is 0 Å². The maximum Gasteiger partial charge on any atom is 0.0641 e. The highest BCUT2D eigenvalue weighted by Crippen LogP contribution is 2.55. The first-order valence-electron chi connectivity index (χ1n) is 19.4. The number of hydrogen-bond donors (Lipinski definition) is 1. The normalized spacial score (nSPS) is 13.6. The lowest BCUT2D eigenvalue weighted by molar-refractivity contribution is 0.498. The predicted octanol–water partition coefficient (Wildman–Crippen LogP) is 13.4. The van der Waals surface area contributed by atoms with Gasteiger partial charge >= 0.3 is 0 Å². The van der Waals surface area contributed by atoms with E-state index in [0.29, 0.717) is 0 Å². The van der Waals surface area contributed by atoms with Crippen molar-refractivity contribution in [3.63, 3.8) is 0 Å². The van der Waals surface area contributed by atoms with Crippen molar-refractivity contribution in [1.82, 2.24) is 9.47 Å². The van der Waals surface area contributed by atoms with Gasteiger partial charge in [-0.25, -0.2) is 0 Å². The molecule has 4 nitrogen and oxygen atoms in total. The predicted molar refractivity (Wildman–Crippen MR) is 240 cm³/mol. The van der Waals surface area contributed by atoms with Crippen LogP contribution in [0.25, 0.3) is 61.2 Å². The molecule has 2 aliphatic heterocycles. The number of aromatic nitrogens is 1. The Morgan fingerprint density at radius 1 is 0.579 bits per heavy atom. The zero-order valence-electron chi connectivity index (χ0n) is 31.7. The van der Waals surface area contributed by atoms with Crippen LogP contribution in [-0.2, 0) is 0 Å². The zero-order chi connectivity index (χ0) is 38.3. The number of allylic oxidation sites excluding steroid dienone is 3. The minimum absolute atomic E-state index is 0.767. The Morgan fingerprint density at radius 3 is 1.96 bits per heavy atom. The van der Waals surface area contributed by atoms with E-state index in [1.807, 2.05) is 18.2 Å². The van der Waals surface area contributed by atoms with Gasteiger partial charge < -0.3 is 19.8 Å². The fraction of sp³-hybridized carbons (Fsp3) is 0.0377. The van der Waals surface area contributed by atoms with Crippen molar-refractivity contribution in [2.24, 2.45) is 0 Å². The van der Waals surface area contributed by atoms with Gasteiger partial charge in [0.1, 0.15) is 0 Å². The van der Waals surface area contributed by atoms with Crippen LogP contribution in [0.1, 0.15) is 11.1 Å². The van der Waals surface area contributed by atoms with Crippen LogP contribution in [0.4, 0.5) is 17.1 Å². The Hall–Kier alpha value is -7.43. The molecular formula is C53H40N4. The number of nitrogens with zero attached hydrogens (tertiary/aromatic N) is 3. The molecule has 7 aromatic carbocycles. The molecule has 57 heavy (non-hydrogen) atoms. The smallest absolute Gasteiger partial charge is 0.0641 e. The molecule has 0 saturated carbocycles. The number of anilines is 3. The van der Waals surface area contributed by atoms with Gasteiger partial charge in [0.25, 0.3) is 0 Å². The summed E-state index contributed by atoms with van der Waals surface area (Å²) >= 11 is 0. The zero-order valence-corrected chi connectivity index (χ0v) is 31.7. The van der Waals surface area contributed by atoms with E-state index in [9.17, 15) is 0 Å². The van der Waals surface area contributed by atoms with Gasteiger partial charge in [-0.15, -0.1) is 0 Å².